The fraction of sp³-hybridized carbons (Fsp3) is 0.375. The lowest BCUT2D eigenvalue weighted by Gasteiger charge is -2.31. The SMILES string of the molecule is CC(C(=O)Nc1ccc2[nH]c(C(N)=O)cc2c1)N1CCNCC1. The summed E-state index contributed by atoms with van der Waals surface area (Å²) >= 11 is 0. The van der Waals surface area contributed by atoms with Gasteiger partial charge in [0.1, 0.15) is 5.69 Å². The van der Waals surface area contributed by atoms with Gasteiger partial charge in [-0.1, -0.05) is 0 Å². The molecule has 0 saturated carbocycles. The summed E-state index contributed by atoms with van der Waals surface area (Å²) in [6, 6.07) is 6.98. The highest BCUT2D eigenvalue weighted by Gasteiger charge is 2.22. The van der Waals surface area contributed by atoms with Crippen molar-refractivity contribution in [3.05, 3.63) is 30.0 Å². The Kier molecular flexibility index (Phi) is 4.31. The van der Waals surface area contributed by atoms with Crippen LogP contribution in [0.4, 0.5) is 5.69 Å². The summed E-state index contributed by atoms with van der Waals surface area (Å²) in [7, 11) is 0. The molecule has 0 radical (unpaired) electrons. The molecule has 1 aromatic carbocycles. The van der Waals surface area contributed by atoms with E-state index in [1.54, 1.807) is 6.07 Å². The molecule has 1 fully saturated rings. The molecule has 1 saturated heterocycles. The van der Waals surface area contributed by atoms with Crippen molar-refractivity contribution >= 4 is 28.4 Å². The number of rotatable bonds is 4. The zero-order valence-electron chi connectivity index (χ0n) is 13.1. The normalized spacial score (nSPS) is 17.1. The van der Waals surface area contributed by atoms with E-state index in [0.717, 1.165) is 37.1 Å². The summed E-state index contributed by atoms with van der Waals surface area (Å²) in [6.07, 6.45) is 0. The Morgan fingerprint density at radius 1 is 1.26 bits per heavy atom. The van der Waals surface area contributed by atoms with E-state index in [2.05, 4.69) is 20.5 Å². The molecule has 1 aliphatic heterocycles. The lowest BCUT2D eigenvalue weighted by Crippen LogP contribution is -2.51. The van der Waals surface area contributed by atoms with Gasteiger partial charge in [-0.25, -0.2) is 0 Å². The standard InChI is InChI=1S/C16H21N5O2/c1-10(21-6-4-18-5-7-21)16(23)19-12-2-3-13-11(8-12)9-14(20-13)15(17)22/h2-3,8-10,18,20H,4-7H2,1H3,(H2,17,22)(H,19,23). The maximum absolute atomic E-state index is 12.4. The van der Waals surface area contributed by atoms with Gasteiger partial charge in [-0.05, 0) is 31.2 Å². The first-order valence-electron chi connectivity index (χ1n) is 7.73. The van der Waals surface area contributed by atoms with Gasteiger partial charge in [0.05, 0.1) is 6.04 Å². The van der Waals surface area contributed by atoms with E-state index in [1.165, 1.54) is 0 Å². The molecule has 1 aliphatic rings. The molecule has 2 aromatic rings. The van der Waals surface area contributed by atoms with Crippen LogP contribution in [0.2, 0.25) is 0 Å². The molecular formula is C16H21N5O2. The van der Waals surface area contributed by atoms with Crippen molar-refractivity contribution in [3.63, 3.8) is 0 Å². The average molecular weight is 315 g/mol. The van der Waals surface area contributed by atoms with Crippen molar-refractivity contribution in [2.24, 2.45) is 5.73 Å². The van der Waals surface area contributed by atoms with Crippen molar-refractivity contribution in [2.45, 2.75) is 13.0 Å². The number of carbonyl (C=O) groups is 2. The van der Waals surface area contributed by atoms with Crippen LogP contribution in [0, 0.1) is 0 Å². The minimum atomic E-state index is -0.501. The van der Waals surface area contributed by atoms with Gasteiger partial charge in [-0.15, -0.1) is 0 Å². The Morgan fingerprint density at radius 2 is 2.00 bits per heavy atom. The average Bonchev–Trinajstić information content (AvgIpc) is 2.98. The van der Waals surface area contributed by atoms with E-state index in [-0.39, 0.29) is 11.9 Å². The number of aromatic amines is 1. The van der Waals surface area contributed by atoms with Crippen molar-refractivity contribution in [3.8, 4) is 0 Å². The Hall–Kier alpha value is -2.38. The molecule has 1 aromatic heterocycles. The van der Waals surface area contributed by atoms with Crippen LogP contribution < -0.4 is 16.4 Å². The molecule has 1 atom stereocenters. The van der Waals surface area contributed by atoms with Crippen LogP contribution in [0.5, 0.6) is 0 Å². The smallest absolute Gasteiger partial charge is 0.265 e. The Labute approximate surface area is 134 Å². The first-order valence-corrected chi connectivity index (χ1v) is 7.73. The minimum absolute atomic E-state index is 0.0306. The monoisotopic (exact) mass is 315 g/mol. The zero-order valence-corrected chi connectivity index (χ0v) is 13.1. The quantitative estimate of drug-likeness (QED) is 0.659. The minimum Gasteiger partial charge on any atom is -0.364 e. The number of hydrogen-bond donors (Lipinski definition) is 4. The molecule has 2 amide bonds. The van der Waals surface area contributed by atoms with Crippen molar-refractivity contribution < 1.29 is 9.59 Å². The Morgan fingerprint density at radius 3 is 2.70 bits per heavy atom. The molecular weight excluding hydrogens is 294 g/mol. The van der Waals surface area contributed by atoms with Crippen molar-refractivity contribution in [2.75, 3.05) is 31.5 Å². The fourth-order valence-electron chi connectivity index (χ4n) is 2.83. The highest BCUT2D eigenvalue weighted by molar-refractivity contribution is 6.00. The van der Waals surface area contributed by atoms with Gasteiger partial charge in [0.25, 0.3) is 5.91 Å². The van der Waals surface area contributed by atoms with Gasteiger partial charge in [-0.2, -0.15) is 0 Å². The molecule has 7 nitrogen and oxygen atoms in total. The number of nitrogens with two attached hydrogens (primary N) is 1. The van der Waals surface area contributed by atoms with E-state index in [1.807, 2.05) is 25.1 Å². The number of piperazine rings is 1. The van der Waals surface area contributed by atoms with Crippen LogP contribution in [-0.4, -0.2) is 53.9 Å². The maximum atomic E-state index is 12.4. The topological polar surface area (TPSA) is 103 Å². The van der Waals surface area contributed by atoms with E-state index >= 15 is 0 Å². The number of H-pyrrole nitrogens is 1. The fourth-order valence-corrected chi connectivity index (χ4v) is 2.83. The second-order valence-corrected chi connectivity index (χ2v) is 5.80. The molecule has 0 aliphatic carbocycles. The van der Waals surface area contributed by atoms with Gasteiger partial charge < -0.3 is 21.4 Å². The third kappa shape index (κ3) is 3.35. The molecule has 5 N–H and O–H groups in total. The van der Waals surface area contributed by atoms with E-state index in [9.17, 15) is 9.59 Å². The number of amides is 2. The number of benzene rings is 1. The van der Waals surface area contributed by atoms with Crippen LogP contribution >= 0.6 is 0 Å². The van der Waals surface area contributed by atoms with E-state index in [4.69, 9.17) is 5.73 Å². The predicted molar refractivity (Wildman–Crippen MR) is 89.4 cm³/mol. The van der Waals surface area contributed by atoms with Crippen LogP contribution in [-0.2, 0) is 4.79 Å². The number of primary amides is 1. The first kappa shape index (κ1) is 15.5. The molecule has 2 heterocycles. The summed E-state index contributed by atoms with van der Waals surface area (Å²) in [4.78, 5) is 28.7. The third-order valence-corrected chi connectivity index (χ3v) is 4.23. The van der Waals surface area contributed by atoms with Crippen LogP contribution in [0.3, 0.4) is 0 Å². The molecule has 7 heteroatoms. The maximum Gasteiger partial charge on any atom is 0.265 e. The van der Waals surface area contributed by atoms with Gasteiger partial charge in [0.2, 0.25) is 5.91 Å². The van der Waals surface area contributed by atoms with E-state index < -0.39 is 5.91 Å². The number of fused-ring (bicyclic) bond motifs is 1. The second kappa shape index (κ2) is 6.39. The molecule has 0 bridgehead atoms. The second-order valence-electron chi connectivity index (χ2n) is 5.80. The summed E-state index contributed by atoms with van der Waals surface area (Å²) in [5, 5.41) is 7.05. The number of aromatic nitrogens is 1. The number of nitrogens with zero attached hydrogens (tertiary/aromatic N) is 1. The predicted octanol–water partition coefficient (Wildman–Crippen LogP) is 0.499. The number of carbonyl (C=O) groups excluding carboxylic acids is 2. The first-order chi connectivity index (χ1) is 11.0. The summed E-state index contributed by atoms with van der Waals surface area (Å²) in [6.45, 7) is 5.47. The Bertz CT molecular complexity index is 733. The molecule has 122 valence electrons. The molecule has 3 rings (SSSR count). The van der Waals surface area contributed by atoms with Gasteiger partial charge in [-0.3, -0.25) is 14.5 Å². The summed E-state index contributed by atoms with van der Waals surface area (Å²) < 4.78 is 0. The third-order valence-electron chi connectivity index (χ3n) is 4.23. The molecule has 0 spiro atoms. The van der Waals surface area contributed by atoms with Gasteiger partial charge in [0.15, 0.2) is 0 Å². The number of anilines is 1. The highest BCUT2D eigenvalue weighted by atomic mass is 16.2. The van der Waals surface area contributed by atoms with Crippen LogP contribution in [0.25, 0.3) is 10.9 Å². The summed E-state index contributed by atoms with van der Waals surface area (Å²) in [5.41, 5.74) is 7.15. The lowest BCUT2D eigenvalue weighted by molar-refractivity contribution is -0.120. The zero-order chi connectivity index (χ0) is 16.4. The van der Waals surface area contributed by atoms with Crippen molar-refractivity contribution in [1.82, 2.24) is 15.2 Å². The van der Waals surface area contributed by atoms with Crippen molar-refractivity contribution in [1.29, 1.82) is 0 Å². The summed E-state index contributed by atoms with van der Waals surface area (Å²) in [5.74, 6) is -0.531. The van der Waals surface area contributed by atoms with Crippen LogP contribution in [0.1, 0.15) is 17.4 Å². The molecule has 23 heavy (non-hydrogen) atoms. The largest absolute Gasteiger partial charge is 0.364 e. The molecule has 1 unspecified atom stereocenters. The van der Waals surface area contributed by atoms with Gasteiger partial charge >= 0.3 is 0 Å². The number of nitrogens with one attached hydrogen (secondary N) is 3. The number of hydrogen-bond acceptors (Lipinski definition) is 4. The van der Waals surface area contributed by atoms with Crippen LogP contribution in [0.15, 0.2) is 24.3 Å². The van der Waals surface area contributed by atoms with Gasteiger partial charge in [0, 0.05) is 42.8 Å². The lowest BCUT2D eigenvalue weighted by atomic mass is 10.2. The Balaban J connectivity index is 1.72. The van der Waals surface area contributed by atoms with E-state index in [0.29, 0.717) is 11.4 Å². The highest BCUT2D eigenvalue weighted by Crippen LogP contribution is 2.20.